The highest BCUT2D eigenvalue weighted by Gasteiger charge is 2.16. The quantitative estimate of drug-likeness (QED) is 0.709. The van der Waals surface area contributed by atoms with Crippen molar-refractivity contribution in [1.29, 1.82) is 0 Å². The molecule has 0 unspecified atom stereocenters. The Balaban J connectivity index is 2.52. The molecule has 3 nitrogen and oxygen atoms in total. The Labute approximate surface area is 140 Å². The van der Waals surface area contributed by atoms with Crippen LogP contribution in [0.2, 0.25) is 0 Å². The Morgan fingerprint density at radius 2 is 2.05 bits per heavy atom. The van der Waals surface area contributed by atoms with Gasteiger partial charge in [-0.2, -0.15) is 0 Å². The predicted molar refractivity (Wildman–Crippen MR) is 93.5 cm³/mol. The van der Waals surface area contributed by atoms with E-state index in [1.165, 1.54) is 0 Å². The molecule has 2 rings (SSSR count). The van der Waals surface area contributed by atoms with Crippen LogP contribution in [0, 0.1) is 5.92 Å². The van der Waals surface area contributed by atoms with Gasteiger partial charge >= 0.3 is 0 Å². The molecule has 0 spiro atoms. The molecule has 108 valence electrons. The van der Waals surface area contributed by atoms with Gasteiger partial charge in [0.05, 0.1) is 15.0 Å². The maximum atomic E-state index is 4.74. The number of rotatable bonds is 5. The first-order valence-corrected chi connectivity index (χ1v) is 9.03. The molecule has 0 aliphatic heterocycles. The second-order valence-corrected chi connectivity index (χ2v) is 7.45. The van der Waals surface area contributed by atoms with E-state index in [-0.39, 0.29) is 0 Å². The summed E-state index contributed by atoms with van der Waals surface area (Å²) in [5, 5.41) is 5.34. The third-order valence-corrected chi connectivity index (χ3v) is 5.35. The highest BCUT2D eigenvalue weighted by molar-refractivity contribution is 9.11. The maximum Gasteiger partial charge on any atom is 0.173 e. The lowest BCUT2D eigenvalue weighted by molar-refractivity contribution is 0.632. The number of nitrogens with one attached hydrogen (secondary N) is 1. The first-order chi connectivity index (χ1) is 9.52. The molecule has 20 heavy (non-hydrogen) atoms. The van der Waals surface area contributed by atoms with Crippen LogP contribution in [0.4, 0.5) is 5.82 Å². The average Bonchev–Trinajstić information content (AvgIpc) is 2.80. The van der Waals surface area contributed by atoms with Gasteiger partial charge in [-0.15, -0.1) is 11.3 Å². The van der Waals surface area contributed by atoms with Crippen LogP contribution in [0.15, 0.2) is 20.4 Å². The van der Waals surface area contributed by atoms with Crippen LogP contribution < -0.4 is 5.32 Å². The van der Waals surface area contributed by atoms with Crippen LogP contribution in [0.1, 0.15) is 26.5 Å². The summed E-state index contributed by atoms with van der Waals surface area (Å²) in [5.74, 6) is 2.20. The molecule has 0 fully saturated rings. The van der Waals surface area contributed by atoms with Gasteiger partial charge in [0.2, 0.25) is 0 Å². The summed E-state index contributed by atoms with van der Waals surface area (Å²) in [6.07, 6.45) is 0.928. The molecular formula is C14H17Br2N3S. The van der Waals surface area contributed by atoms with Crippen molar-refractivity contribution in [3.8, 4) is 10.7 Å². The van der Waals surface area contributed by atoms with E-state index >= 15 is 0 Å². The van der Waals surface area contributed by atoms with Crippen molar-refractivity contribution >= 4 is 49.0 Å². The van der Waals surface area contributed by atoms with Crippen molar-refractivity contribution in [1.82, 2.24) is 9.97 Å². The number of halogens is 2. The molecule has 0 aromatic carbocycles. The van der Waals surface area contributed by atoms with E-state index in [0.717, 1.165) is 44.1 Å². The van der Waals surface area contributed by atoms with Gasteiger partial charge in [0.1, 0.15) is 5.82 Å². The van der Waals surface area contributed by atoms with Gasteiger partial charge in [0, 0.05) is 11.0 Å². The van der Waals surface area contributed by atoms with Gasteiger partial charge in [0.15, 0.2) is 5.82 Å². The fourth-order valence-electron chi connectivity index (χ4n) is 1.85. The van der Waals surface area contributed by atoms with Gasteiger partial charge in [-0.3, -0.25) is 0 Å². The minimum absolute atomic E-state index is 0.551. The summed E-state index contributed by atoms with van der Waals surface area (Å²) in [6.45, 7) is 7.30. The summed E-state index contributed by atoms with van der Waals surface area (Å²) in [7, 11) is 0. The first-order valence-electron chi connectivity index (χ1n) is 6.56. The van der Waals surface area contributed by atoms with Crippen molar-refractivity contribution in [3.05, 3.63) is 26.1 Å². The minimum atomic E-state index is 0.551. The Morgan fingerprint density at radius 1 is 1.30 bits per heavy atom. The highest BCUT2D eigenvalue weighted by atomic mass is 79.9. The molecule has 0 saturated heterocycles. The molecule has 2 aromatic rings. The fourth-order valence-corrected chi connectivity index (χ4v) is 3.82. The Kier molecular flexibility index (Phi) is 5.57. The molecule has 0 bridgehead atoms. The van der Waals surface area contributed by atoms with Crippen LogP contribution in [0.3, 0.4) is 0 Å². The number of aromatic nitrogens is 2. The third kappa shape index (κ3) is 3.59. The molecular weight excluding hydrogens is 402 g/mol. The topological polar surface area (TPSA) is 37.8 Å². The van der Waals surface area contributed by atoms with E-state index in [1.807, 2.05) is 11.4 Å². The van der Waals surface area contributed by atoms with Crippen LogP contribution in [0.25, 0.3) is 10.7 Å². The number of hydrogen-bond acceptors (Lipinski definition) is 4. The number of nitrogens with zero attached hydrogens (tertiary/aromatic N) is 2. The lowest BCUT2D eigenvalue weighted by Crippen LogP contribution is -2.07. The van der Waals surface area contributed by atoms with E-state index in [0.29, 0.717) is 5.92 Å². The van der Waals surface area contributed by atoms with Crippen LogP contribution in [-0.2, 0) is 6.42 Å². The van der Waals surface area contributed by atoms with E-state index in [4.69, 9.17) is 4.98 Å². The molecule has 6 heteroatoms. The van der Waals surface area contributed by atoms with Crippen LogP contribution >= 0.6 is 43.2 Å². The number of hydrogen-bond donors (Lipinski definition) is 1. The lowest BCUT2D eigenvalue weighted by atomic mass is 10.1. The van der Waals surface area contributed by atoms with Crippen LogP contribution in [0.5, 0.6) is 0 Å². The summed E-state index contributed by atoms with van der Waals surface area (Å²) in [4.78, 5) is 10.5. The summed E-state index contributed by atoms with van der Waals surface area (Å²) in [5.41, 5.74) is 1.06. The zero-order valence-electron chi connectivity index (χ0n) is 11.7. The number of anilines is 1. The summed E-state index contributed by atoms with van der Waals surface area (Å²) >= 11 is 8.84. The van der Waals surface area contributed by atoms with Crippen LogP contribution in [-0.4, -0.2) is 16.5 Å². The molecule has 0 amide bonds. The SMILES string of the molecule is CCNc1nc(-c2sccc2Br)nc(CC(C)C)c1Br. The molecule has 0 atom stereocenters. The molecule has 1 N–H and O–H groups in total. The van der Waals surface area contributed by atoms with Crippen molar-refractivity contribution in [3.63, 3.8) is 0 Å². The minimum Gasteiger partial charge on any atom is -0.369 e. The van der Waals surface area contributed by atoms with Gasteiger partial charge < -0.3 is 5.32 Å². The second-order valence-electron chi connectivity index (χ2n) is 4.88. The van der Waals surface area contributed by atoms with Gasteiger partial charge in [0.25, 0.3) is 0 Å². The Bertz CT molecular complexity index is 596. The monoisotopic (exact) mass is 417 g/mol. The average molecular weight is 419 g/mol. The molecule has 0 aliphatic carbocycles. The predicted octanol–water partition coefficient (Wildman–Crippen LogP) is 5.36. The molecule has 2 aromatic heterocycles. The number of thiophene rings is 1. The zero-order chi connectivity index (χ0) is 14.7. The largest absolute Gasteiger partial charge is 0.369 e. The first kappa shape index (κ1) is 15.9. The third-order valence-electron chi connectivity index (χ3n) is 2.69. The summed E-state index contributed by atoms with van der Waals surface area (Å²) < 4.78 is 2.02. The van der Waals surface area contributed by atoms with E-state index in [2.05, 4.69) is 62.9 Å². The van der Waals surface area contributed by atoms with Crippen molar-refractivity contribution < 1.29 is 0 Å². The summed E-state index contributed by atoms with van der Waals surface area (Å²) in [6, 6.07) is 2.03. The van der Waals surface area contributed by atoms with Gasteiger partial charge in [-0.1, -0.05) is 13.8 Å². The standard InChI is InChI=1S/C14H17Br2N3S/c1-4-17-13-11(16)10(7-8(2)3)18-14(19-13)12-9(15)5-6-20-12/h5-6,8H,4,7H2,1-3H3,(H,17,18,19). The van der Waals surface area contributed by atoms with E-state index in [1.54, 1.807) is 11.3 Å². The van der Waals surface area contributed by atoms with Crippen molar-refractivity contribution in [2.45, 2.75) is 27.2 Å². The van der Waals surface area contributed by atoms with Gasteiger partial charge in [-0.05, 0) is 62.6 Å². The smallest absolute Gasteiger partial charge is 0.173 e. The van der Waals surface area contributed by atoms with Gasteiger partial charge in [-0.25, -0.2) is 9.97 Å². The maximum absolute atomic E-state index is 4.74. The van der Waals surface area contributed by atoms with E-state index < -0.39 is 0 Å². The zero-order valence-corrected chi connectivity index (χ0v) is 15.7. The fraction of sp³-hybridized carbons (Fsp3) is 0.429. The highest BCUT2D eigenvalue weighted by Crippen LogP contribution is 2.34. The lowest BCUT2D eigenvalue weighted by Gasteiger charge is -2.13. The van der Waals surface area contributed by atoms with Crippen molar-refractivity contribution in [2.24, 2.45) is 5.92 Å². The molecule has 0 radical (unpaired) electrons. The molecule has 2 heterocycles. The van der Waals surface area contributed by atoms with E-state index in [9.17, 15) is 0 Å². The molecule has 0 aliphatic rings. The van der Waals surface area contributed by atoms with Crippen molar-refractivity contribution in [2.75, 3.05) is 11.9 Å². The Hall–Kier alpha value is -0.460. The second kappa shape index (κ2) is 7.00. The Morgan fingerprint density at radius 3 is 2.60 bits per heavy atom. The molecule has 0 saturated carbocycles. The normalized spacial score (nSPS) is 11.1.